The van der Waals surface area contributed by atoms with Crippen LogP contribution in [0.5, 0.6) is 0 Å². The van der Waals surface area contributed by atoms with E-state index >= 15 is 0 Å². The van der Waals surface area contributed by atoms with Crippen LogP contribution in [0.4, 0.5) is 0 Å². The number of amides is 2. The Morgan fingerprint density at radius 1 is 1.55 bits per heavy atom. The van der Waals surface area contributed by atoms with E-state index in [1.807, 2.05) is 0 Å². The van der Waals surface area contributed by atoms with Crippen LogP contribution in [-0.4, -0.2) is 29.8 Å². The molecule has 11 heavy (non-hydrogen) atoms. The van der Waals surface area contributed by atoms with Gasteiger partial charge in [-0.1, -0.05) is 0 Å². The van der Waals surface area contributed by atoms with Crippen molar-refractivity contribution in [1.29, 1.82) is 0 Å². The first-order valence-electron chi connectivity index (χ1n) is 3.72. The van der Waals surface area contributed by atoms with E-state index in [2.05, 4.69) is 0 Å². The first kappa shape index (κ1) is 8.04. The molecule has 0 bridgehead atoms. The third kappa shape index (κ3) is 2.22. The number of carbonyl (C=O) groups excluding carboxylic acids is 2. The average Bonchev–Trinajstić information content (AvgIpc) is 1.93. The quantitative estimate of drug-likeness (QED) is 0.554. The number of likely N-dealkylation sites (tertiary alicyclic amines) is 1. The van der Waals surface area contributed by atoms with Crippen LogP contribution >= 0.6 is 0 Å². The second-order valence-electron chi connectivity index (χ2n) is 2.70. The van der Waals surface area contributed by atoms with E-state index in [1.54, 1.807) is 0 Å². The molecule has 1 saturated heterocycles. The second-order valence-corrected chi connectivity index (χ2v) is 2.70. The van der Waals surface area contributed by atoms with Crippen molar-refractivity contribution in [3.8, 4) is 0 Å². The van der Waals surface area contributed by atoms with E-state index in [4.69, 9.17) is 5.73 Å². The molecule has 1 aliphatic rings. The SMILES string of the molecule is [NH]C(=O)CN1CCCCC1=O. The third-order valence-electron chi connectivity index (χ3n) is 1.76. The molecule has 1 heterocycles. The first-order valence-corrected chi connectivity index (χ1v) is 3.72. The van der Waals surface area contributed by atoms with Crippen molar-refractivity contribution in [1.82, 2.24) is 10.6 Å². The summed E-state index contributed by atoms with van der Waals surface area (Å²) in [5.74, 6) is -0.669. The van der Waals surface area contributed by atoms with Gasteiger partial charge in [0.1, 0.15) is 6.54 Å². The van der Waals surface area contributed by atoms with E-state index in [9.17, 15) is 9.59 Å². The van der Waals surface area contributed by atoms with Crippen LogP contribution in [-0.2, 0) is 9.59 Å². The Kier molecular flexibility index (Phi) is 2.46. The third-order valence-corrected chi connectivity index (χ3v) is 1.76. The number of carbonyl (C=O) groups is 2. The van der Waals surface area contributed by atoms with Crippen LogP contribution in [0.1, 0.15) is 19.3 Å². The number of hydrogen-bond acceptors (Lipinski definition) is 2. The summed E-state index contributed by atoms with van der Waals surface area (Å²) >= 11 is 0. The van der Waals surface area contributed by atoms with E-state index in [0.717, 1.165) is 12.8 Å². The molecule has 1 aliphatic heterocycles. The zero-order chi connectivity index (χ0) is 8.27. The minimum Gasteiger partial charge on any atom is -0.333 e. The molecule has 1 rings (SSSR count). The smallest absolute Gasteiger partial charge is 0.257 e. The maximum Gasteiger partial charge on any atom is 0.257 e. The van der Waals surface area contributed by atoms with Crippen LogP contribution in [0.2, 0.25) is 0 Å². The first-order chi connectivity index (χ1) is 5.20. The molecule has 1 N–H and O–H groups in total. The Hall–Kier alpha value is -1.06. The maximum atomic E-state index is 11.0. The summed E-state index contributed by atoms with van der Waals surface area (Å²) in [4.78, 5) is 22.8. The predicted molar refractivity (Wildman–Crippen MR) is 38.5 cm³/mol. The fourth-order valence-corrected chi connectivity index (χ4v) is 1.20. The summed E-state index contributed by atoms with van der Waals surface area (Å²) in [6, 6.07) is 0. The minimum absolute atomic E-state index is 0.0110. The van der Waals surface area contributed by atoms with Gasteiger partial charge in [0.2, 0.25) is 5.91 Å². The second kappa shape index (κ2) is 3.37. The molecular formula is C7H11N2O2. The molecule has 2 amide bonds. The summed E-state index contributed by atoms with van der Waals surface area (Å²) in [6.07, 6.45) is 2.41. The molecule has 0 aromatic carbocycles. The molecule has 0 unspecified atom stereocenters. The largest absolute Gasteiger partial charge is 0.333 e. The number of piperidine rings is 1. The van der Waals surface area contributed by atoms with E-state index in [0.29, 0.717) is 13.0 Å². The van der Waals surface area contributed by atoms with Crippen molar-refractivity contribution in [3.63, 3.8) is 0 Å². The Labute approximate surface area is 65.3 Å². The molecule has 1 radical (unpaired) electrons. The number of rotatable bonds is 2. The molecule has 0 aliphatic carbocycles. The Balaban J connectivity index is 2.42. The van der Waals surface area contributed by atoms with E-state index in [-0.39, 0.29) is 12.5 Å². The maximum absolute atomic E-state index is 11.0. The molecular weight excluding hydrogens is 144 g/mol. The Morgan fingerprint density at radius 3 is 2.82 bits per heavy atom. The highest BCUT2D eigenvalue weighted by atomic mass is 16.2. The molecule has 61 valence electrons. The fraction of sp³-hybridized carbons (Fsp3) is 0.714. The zero-order valence-corrected chi connectivity index (χ0v) is 6.30. The van der Waals surface area contributed by atoms with Gasteiger partial charge in [-0.2, -0.15) is 0 Å². The molecule has 1 fully saturated rings. The van der Waals surface area contributed by atoms with Crippen molar-refractivity contribution >= 4 is 11.8 Å². The molecule has 0 spiro atoms. The molecule has 0 saturated carbocycles. The van der Waals surface area contributed by atoms with Gasteiger partial charge >= 0.3 is 0 Å². The molecule has 4 nitrogen and oxygen atoms in total. The minimum atomic E-state index is -0.680. The van der Waals surface area contributed by atoms with Gasteiger partial charge in [0.25, 0.3) is 5.91 Å². The van der Waals surface area contributed by atoms with Crippen molar-refractivity contribution in [2.24, 2.45) is 0 Å². The highest BCUT2D eigenvalue weighted by molar-refractivity contribution is 5.83. The molecule has 0 aromatic heterocycles. The summed E-state index contributed by atoms with van der Waals surface area (Å²) in [7, 11) is 0. The predicted octanol–water partition coefficient (Wildman–Crippen LogP) is -0.192. The van der Waals surface area contributed by atoms with Gasteiger partial charge in [0.05, 0.1) is 0 Å². The van der Waals surface area contributed by atoms with Crippen LogP contribution in [0.3, 0.4) is 0 Å². The van der Waals surface area contributed by atoms with Crippen molar-refractivity contribution in [3.05, 3.63) is 0 Å². The number of nitrogens with zero attached hydrogens (tertiary/aromatic N) is 1. The monoisotopic (exact) mass is 155 g/mol. The Bertz CT molecular complexity index is 179. The normalized spacial score (nSPS) is 18.5. The zero-order valence-electron chi connectivity index (χ0n) is 6.30. The van der Waals surface area contributed by atoms with Crippen molar-refractivity contribution in [2.45, 2.75) is 19.3 Å². The standard InChI is InChI=1S/C7H11N2O2/c8-6(10)5-9-4-2-1-3-7(9)11/h8H,1-5H2. The molecule has 0 aromatic rings. The molecule has 0 atom stereocenters. The summed E-state index contributed by atoms with van der Waals surface area (Å²) in [5.41, 5.74) is 6.67. The van der Waals surface area contributed by atoms with E-state index in [1.165, 1.54) is 4.90 Å². The van der Waals surface area contributed by atoms with Gasteiger partial charge in [0.15, 0.2) is 0 Å². The summed E-state index contributed by atoms with van der Waals surface area (Å²) < 4.78 is 0. The highest BCUT2D eigenvalue weighted by Gasteiger charge is 2.18. The van der Waals surface area contributed by atoms with Crippen LogP contribution < -0.4 is 5.73 Å². The van der Waals surface area contributed by atoms with Crippen LogP contribution in [0, 0.1) is 0 Å². The van der Waals surface area contributed by atoms with E-state index < -0.39 is 5.91 Å². The van der Waals surface area contributed by atoms with Crippen LogP contribution in [0.25, 0.3) is 0 Å². The van der Waals surface area contributed by atoms with Gasteiger partial charge in [0, 0.05) is 13.0 Å². The lowest BCUT2D eigenvalue weighted by atomic mass is 10.1. The van der Waals surface area contributed by atoms with Gasteiger partial charge in [-0.05, 0) is 12.8 Å². The van der Waals surface area contributed by atoms with Crippen LogP contribution in [0.15, 0.2) is 0 Å². The lowest BCUT2D eigenvalue weighted by Gasteiger charge is -2.24. The van der Waals surface area contributed by atoms with Crippen molar-refractivity contribution in [2.75, 3.05) is 13.1 Å². The van der Waals surface area contributed by atoms with Gasteiger partial charge < -0.3 is 4.90 Å². The van der Waals surface area contributed by atoms with Gasteiger partial charge in [-0.15, -0.1) is 0 Å². The Morgan fingerprint density at radius 2 is 2.27 bits per heavy atom. The van der Waals surface area contributed by atoms with Gasteiger partial charge in [-0.25, -0.2) is 0 Å². The topological polar surface area (TPSA) is 61.2 Å². The number of hydrogen-bond donors (Lipinski definition) is 0. The lowest BCUT2D eigenvalue weighted by Crippen LogP contribution is -2.39. The molecule has 4 heteroatoms. The highest BCUT2D eigenvalue weighted by Crippen LogP contribution is 2.09. The lowest BCUT2D eigenvalue weighted by molar-refractivity contribution is -0.137. The van der Waals surface area contributed by atoms with Crippen molar-refractivity contribution < 1.29 is 9.59 Å². The fourth-order valence-electron chi connectivity index (χ4n) is 1.20. The summed E-state index contributed by atoms with van der Waals surface area (Å²) in [5, 5.41) is 0. The van der Waals surface area contributed by atoms with Gasteiger partial charge in [-0.3, -0.25) is 15.3 Å². The average molecular weight is 155 g/mol. The summed E-state index contributed by atoms with van der Waals surface area (Å²) in [6.45, 7) is 0.613. The number of nitrogens with one attached hydrogen (secondary N) is 1.